The highest BCUT2D eigenvalue weighted by atomic mass is 35.5. The molecule has 6 nitrogen and oxygen atoms in total. The number of hydrogen-bond donors (Lipinski definition) is 2. The van der Waals surface area contributed by atoms with E-state index < -0.39 is 4.52 Å². The maximum Gasteiger partial charge on any atom is 0.255 e. The van der Waals surface area contributed by atoms with Crippen molar-refractivity contribution >= 4 is 34.6 Å². The fraction of sp³-hybridized carbons (Fsp3) is 0.182. The standard InChI is InChI=1S/C11H11Cl2N5O/c1-11(12,13)19-8-3-6(14)2-7(15)9(8)10-17-4-16-5-18-10/h2-5H,14-15H2,1H3. The third-order valence-corrected chi connectivity index (χ3v) is 2.32. The van der Waals surface area contributed by atoms with Crippen molar-refractivity contribution in [2.75, 3.05) is 11.5 Å². The molecule has 100 valence electrons. The minimum Gasteiger partial charge on any atom is -0.458 e. The van der Waals surface area contributed by atoms with Crippen molar-refractivity contribution in [3.8, 4) is 17.1 Å². The van der Waals surface area contributed by atoms with Crippen LogP contribution in [0.5, 0.6) is 5.75 Å². The van der Waals surface area contributed by atoms with Crippen molar-refractivity contribution in [1.82, 2.24) is 15.0 Å². The van der Waals surface area contributed by atoms with Gasteiger partial charge in [0, 0.05) is 24.4 Å². The van der Waals surface area contributed by atoms with Gasteiger partial charge in [-0.15, -0.1) is 0 Å². The summed E-state index contributed by atoms with van der Waals surface area (Å²) in [5, 5.41) is 0. The van der Waals surface area contributed by atoms with Crippen LogP contribution in [0.25, 0.3) is 11.4 Å². The summed E-state index contributed by atoms with van der Waals surface area (Å²) in [6, 6.07) is 3.13. The molecular formula is C11H11Cl2N5O. The number of nitrogens with zero attached hydrogens (tertiary/aromatic N) is 3. The van der Waals surface area contributed by atoms with Crippen LogP contribution >= 0.6 is 23.2 Å². The van der Waals surface area contributed by atoms with Gasteiger partial charge in [0.2, 0.25) is 0 Å². The molecule has 4 N–H and O–H groups in total. The molecule has 0 aliphatic heterocycles. The molecule has 2 rings (SSSR count). The van der Waals surface area contributed by atoms with Crippen LogP contribution in [0.15, 0.2) is 24.8 Å². The van der Waals surface area contributed by atoms with Gasteiger partial charge in [-0.1, -0.05) is 23.2 Å². The van der Waals surface area contributed by atoms with E-state index in [2.05, 4.69) is 15.0 Å². The van der Waals surface area contributed by atoms with Gasteiger partial charge in [0.15, 0.2) is 5.82 Å². The lowest BCUT2D eigenvalue weighted by atomic mass is 10.1. The maximum absolute atomic E-state index is 5.93. The molecule has 0 saturated carbocycles. The molecule has 0 amide bonds. The van der Waals surface area contributed by atoms with E-state index in [1.165, 1.54) is 19.6 Å². The fourth-order valence-corrected chi connectivity index (χ4v) is 1.71. The van der Waals surface area contributed by atoms with Crippen LogP contribution in [0.4, 0.5) is 11.4 Å². The number of rotatable bonds is 3. The Kier molecular flexibility index (Phi) is 3.64. The van der Waals surface area contributed by atoms with Gasteiger partial charge < -0.3 is 16.2 Å². The van der Waals surface area contributed by atoms with Gasteiger partial charge >= 0.3 is 0 Å². The lowest BCUT2D eigenvalue weighted by Crippen LogP contribution is -2.17. The Bertz CT molecular complexity index is 586. The fourth-order valence-electron chi connectivity index (χ4n) is 1.54. The largest absolute Gasteiger partial charge is 0.458 e. The van der Waals surface area contributed by atoms with E-state index in [0.717, 1.165) is 0 Å². The Morgan fingerprint density at radius 2 is 1.79 bits per heavy atom. The Morgan fingerprint density at radius 3 is 2.37 bits per heavy atom. The minimum absolute atomic E-state index is 0.302. The summed E-state index contributed by atoms with van der Waals surface area (Å²) in [5.74, 6) is 0.649. The van der Waals surface area contributed by atoms with Crippen molar-refractivity contribution in [1.29, 1.82) is 0 Å². The van der Waals surface area contributed by atoms with Gasteiger partial charge in [0.05, 0.1) is 5.56 Å². The van der Waals surface area contributed by atoms with E-state index in [0.29, 0.717) is 28.5 Å². The summed E-state index contributed by atoms with van der Waals surface area (Å²) in [6.45, 7) is 1.48. The molecule has 0 aliphatic carbocycles. The average Bonchev–Trinajstić information content (AvgIpc) is 2.27. The molecule has 8 heteroatoms. The quantitative estimate of drug-likeness (QED) is 0.666. The maximum atomic E-state index is 5.93. The zero-order chi connectivity index (χ0) is 14.0. The first-order valence-electron chi connectivity index (χ1n) is 5.25. The molecule has 0 unspecified atom stereocenters. The van der Waals surface area contributed by atoms with E-state index in [9.17, 15) is 0 Å². The lowest BCUT2D eigenvalue weighted by Gasteiger charge is -2.19. The second kappa shape index (κ2) is 5.07. The molecule has 0 fully saturated rings. The van der Waals surface area contributed by atoms with Crippen LogP contribution in [0, 0.1) is 0 Å². The highest BCUT2D eigenvalue weighted by Crippen LogP contribution is 2.38. The van der Waals surface area contributed by atoms with Crippen molar-refractivity contribution in [3.05, 3.63) is 24.8 Å². The molecule has 1 aromatic heterocycles. The Morgan fingerprint density at radius 1 is 1.16 bits per heavy atom. The Hall–Kier alpha value is -1.79. The highest BCUT2D eigenvalue weighted by Gasteiger charge is 2.23. The molecule has 0 saturated heterocycles. The summed E-state index contributed by atoms with van der Waals surface area (Å²) in [4.78, 5) is 11.8. The zero-order valence-electron chi connectivity index (χ0n) is 9.97. The summed E-state index contributed by atoms with van der Waals surface area (Å²) < 4.78 is 3.99. The number of anilines is 2. The third-order valence-electron chi connectivity index (χ3n) is 2.16. The Balaban J connectivity index is 2.59. The lowest BCUT2D eigenvalue weighted by molar-refractivity contribution is 0.264. The summed E-state index contributed by atoms with van der Waals surface area (Å²) in [7, 11) is 0. The summed E-state index contributed by atoms with van der Waals surface area (Å²) >= 11 is 11.7. The molecule has 0 radical (unpaired) electrons. The Labute approximate surface area is 119 Å². The number of halogens is 2. The van der Waals surface area contributed by atoms with E-state index in [1.807, 2.05) is 0 Å². The van der Waals surface area contributed by atoms with Gasteiger partial charge in [0.1, 0.15) is 18.4 Å². The molecule has 0 atom stereocenters. The monoisotopic (exact) mass is 299 g/mol. The number of aromatic nitrogens is 3. The van der Waals surface area contributed by atoms with Gasteiger partial charge in [0.25, 0.3) is 4.52 Å². The van der Waals surface area contributed by atoms with Crippen LogP contribution in [0.2, 0.25) is 0 Å². The predicted molar refractivity (Wildman–Crippen MR) is 74.8 cm³/mol. The number of alkyl halides is 2. The molecule has 1 heterocycles. The van der Waals surface area contributed by atoms with E-state index in [1.54, 1.807) is 12.1 Å². The first kappa shape index (κ1) is 13.6. The van der Waals surface area contributed by atoms with Crippen LogP contribution in [0.3, 0.4) is 0 Å². The number of hydrogen-bond acceptors (Lipinski definition) is 6. The second-order valence-electron chi connectivity index (χ2n) is 3.85. The first-order chi connectivity index (χ1) is 8.87. The summed E-state index contributed by atoms with van der Waals surface area (Å²) in [6.07, 6.45) is 2.70. The van der Waals surface area contributed by atoms with Crippen molar-refractivity contribution in [2.24, 2.45) is 0 Å². The zero-order valence-corrected chi connectivity index (χ0v) is 11.5. The van der Waals surface area contributed by atoms with Gasteiger partial charge in [-0.3, -0.25) is 0 Å². The summed E-state index contributed by atoms with van der Waals surface area (Å²) in [5.41, 5.74) is 12.9. The van der Waals surface area contributed by atoms with Crippen molar-refractivity contribution in [3.63, 3.8) is 0 Å². The van der Waals surface area contributed by atoms with E-state index in [4.69, 9.17) is 39.4 Å². The minimum atomic E-state index is -1.43. The van der Waals surface area contributed by atoms with Crippen LogP contribution in [-0.4, -0.2) is 19.5 Å². The predicted octanol–water partition coefficient (Wildman–Crippen LogP) is 2.23. The van der Waals surface area contributed by atoms with Crippen molar-refractivity contribution < 1.29 is 4.74 Å². The average molecular weight is 300 g/mol. The normalized spacial score (nSPS) is 11.3. The molecule has 0 bridgehead atoms. The topological polar surface area (TPSA) is 99.9 Å². The van der Waals surface area contributed by atoms with Gasteiger partial charge in [-0.25, -0.2) is 15.0 Å². The molecular weight excluding hydrogens is 289 g/mol. The SMILES string of the molecule is CC(Cl)(Cl)Oc1cc(N)cc(N)c1-c1ncncn1. The first-order valence-corrected chi connectivity index (χ1v) is 6.00. The smallest absolute Gasteiger partial charge is 0.255 e. The number of nitrogen functional groups attached to an aromatic ring is 2. The number of ether oxygens (including phenoxy) is 1. The molecule has 1 aromatic carbocycles. The molecule has 0 aliphatic rings. The second-order valence-corrected chi connectivity index (χ2v) is 5.49. The number of nitrogens with two attached hydrogens (primary N) is 2. The van der Waals surface area contributed by atoms with Crippen molar-refractivity contribution in [2.45, 2.75) is 11.4 Å². The number of benzene rings is 1. The highest BCUT2D eigenvalue weighted by molar-refractivity contribution is 6.47. The van der Waals surface area contributed by atoms with E-state index in [-0.39, 0.29) is 0 Å². The molecule has 2 aromatic rings. The van der Waals surface area contributed by atoms with E-state index >= 15 is 0 Å². The molecule has 19 heavy (non-hydrogen) atoms. The van der Waals surface area contributed by atoms with Gasteiger partial charge in [-0.2, -0.15) is 0 Å². The van der Waals surface area contributed by atoms with Crippen LogP contribution in [0.1, 0.15) is 6.92 Å². The third kappa shape index (κ3) is 3.36. The molecule has 0 spiro atoms. The van der Waals surface area contributed by atoms with Crippen LogP contribution < -0.4 is 16.2 Å². The van der Waals surface area contributed by atoms with Gasteiger partial charge in [-0.05, 0) is 6.07 Å². The van der Waals surface area contributed by atoms with Crippen LogP contribution in [-0.2, 0) is 0 Å².